The van der Waals surface area contributed by atoms with Crippen molar-refractivity contribution in [1.82, 2.24) is 4.98 Å². The van der Waals surface area contributed by atoms with Crippen LogP contribution in [0.3, 0.4) is 0 Å². The zero-order valence-electron chi connectivity index (χ0n) is 9.68. The predicted molar refractivity (Wildman–Crippen MR) is 70.5 cm³/mol. The Labute approximate surface area is 113 Å². The second-order valence-corrected chi connectivity index (χ2v) is 4.54. The molecule has 0 spiro atoms. The van der Waals surface area contributed by atoms with Gasteiger partial charge in [0.15, 0.2) is 0 Å². The monoisotopic (exact) mass is 277 g/mol. The van der Waals surface area contributed by atoms with Crippen molar-refractivity contribution in [2.75, 3.05) is 5.32 Å². The summed E-state index contributed by atoms with van der Waals surface area (Å²) < 4.78 is 24.9. The molecule has 19 heavy (non-hydrogen) atoms. The normalized spacial score (nSPS) is 10.2. The van der Waals surface area contributed by atoms with Gasteiger partial charge in [-0.2, -0.15) is 14.0 Å². The molecule has 96 valence electrons. The van der Waals surface area contributed by atoms with Gasteiger partial charge in [0.05, 0.1) is 11.3 Å². The molecule has 0 atom stereocenters. The van der Waals surface area contributed by atoms with Crippen molar-refractivity contribution in [2.24, 2.45) is 0 Å². The number of nitriles is 1. The molecule has 0 saturated carbocycles. The van der Waals surface area contributed by atoms with Gasteiger partial charge in [-0.3, -0.25) is 0 Å². The number of halogens is 2. The number of alkyl halides is 2. The molecular weight excluding hydrogens is 268 g/mol. The zero-order chi connectivity index (χ0) is 13.7. The van der Waals surface area contributed by atoms with Crippen LogP contribution in [0, 0.1) is 11.3 Å². The summed E-state index contributed by atoms with van der Waals surface area (Å²) in [4.78, 5) is 4.44. The van der Waals surface area contributed by atoms with Gasteiger partial charge < -0.3 is 5.32 Å². The Morgan fingerprint density at radius 2 is 2.00 bits per heavy atom. The molecule has 1 heterocycles. The van der Waals surface area contributed by atoms with Gasteiger partial charge in [-0.25, -0.2) is 4.98 Å². The molecule has 1 aromatic heterocycles. The number of anilines is 2. The second-order valence-electron chi connectivity index (χ2n) is 3.51. The average molecular weight is 277 g/mol. The zero-order valence-corrected chi connectivity index (χ0v) is 10.5. The lowest BCUT2D eigenvalue weighted by Gasteiger charge is -2.11. The van der Waals surface area contributed by atoms with Crippen LogP contribution >= 0.6 is 11.8 Å². The number of hydrogen-bond acceptors (Lipinski definition) is 4. The molecule has 6 heteroatoms. The molecule has 0 aliphatic heterocycles. The minimum Gasteiger partial charge on any atom is -0.338 e. The lowest BCUT2D eigenvalue weighted by atomic mass is 10.2. The number of pyridine rings is 1. The van der Waals surface area contributed by atoms with Gasteiger partial charge >= 0.3 is 0 Å². The fourth-order valence-electron chi connectivity index (χ4n) is 1.49. The minimum atomic E-state index is -2.50. The topological polar surface area (TPSA) is 48.7 Å². The molecule has 1 aromatic carbocycles. The van der Waals surface area contributed by atoms with Crippen LogP contribution in [0.25, 0.3) is 0 Å². The van der Waals surface area contributed by atoms with E-state index in [0.29, 0.717) is 33.7 Å². The molecule has 0 bridgehead atoms. The van der Waals surface area contributed by atoms with E-state index in [1.807, 2.05) is 6.07 Å². The summed E-state index contributed by atoms with van der Waals surface area (Å²) in [6, 6.07) is 11.9. The summed E-state index contributed by atoms with van der Waals surface area (Å²) in [6.07, 6.45) is 1.53. The quantitative estimate of drug-likeness (QED) is 0.858. The number of benzene rings is 1. The largest absolute Gasteiger partial charge is 0.338 e. The Balaban J connectivity index is 2.31. The first-order valence-corrected chi connectivity index (χ1v) is 6.24. The number of thioether (sulfide) groups is 1. The Morgan fingerprint density at radius 3 is 2.74 bits per heavy atom. The first-order chi connectivity index (χ1) is 9.20. The van der Waals surface area contributed by atoms with E-state index in [4.69, 9.17) is 5.26 Å². The van der Waals surface area contributed by atoms with E-state index in [0.717, 1.165) is 0 Å². The Hall–Kier alpha value is -2.13. The molecule has 0 aliphatic carbocycles. The summed E-state index contributed by atoms with van der Waals surface area (Å²) >= 11 is 0.451. The molecule has 2 rings (SSSR count). The third kappa shape index (κ3) is 3.42. The van der Waals surface area contributed by atoms with Crippen molar-refractivity contribution in [3.63, 3.8) is 0 Å². The Morgan fingerprint density at radius 1 is 1.21 bits per heavy atom. The van der Waals surface area contributed by atoms with Crippen molar-refractivity contribution < 1.29 is 8.78 Å². The third-order valence-electron chi connectivity index (χ3n) is 2.28. The van der Waals surface area contributed by atoms with Crippen molar-refractivity contribution in [3.8, 4) is 6.07 Å². The SMILES string of the molecule is N#Cc1cccnc1Nc1ccccc1SC(F)F. The first-order valence-electron chi connectivity index (χ1n) is 5.36. The average Bonchev–Trinajstić information content (AvgIpc) is 2.41. The lowest BCUT2D eigenvalue weighted by molar-refractivity contribution is 0.252. The maximum Gasteiger partial charge on any atom is 0.288 e. The molecule has 2 aromatic rings. The van der Waals surface area contributed by atoms with Crippen molar-refractivity contribution in [3.05, 3.63) is 48.2 Å². The lowest BCUT2D eigenvalue weighted by Crippen LogP contribution is -1.98. The van der Waals surface area contributed by atoms with E-state index in [-0.39, 0.29) is 0 Å². The van der Waals surface area contributed by atoms with Crippen molar-refractivity contribution in [1.29, 1.82) is 5.26 Å². The van der Waals surface area contributed by atoms with E-state index in [1.165, 1.54) is 6.20 Å². The summed E-state index contributed by atoms with van der Waals surface area (Å²) in [5.74, 6) is -2.14. The highest BCUT2D eigenvalue weighted by Gasteiger charge is 2.11. The predicted octanol–water partition coefficient (Wildman–Crippen LogP) is 4.01. The van der Waals surface area contributed by atoms with Crippen LogP contribution in [0.2, 0.25) is 0 Å². The second kappa shape index (κ2) is 6.16. The molecule has 0 unspecified atom stereocenters. The summed E-state index contributed by atoms with van der Waals surface area (Å²) in [5.41, 5.74) is 0.863. The van der Waals surface area contributed by atoms with Gasteiger partial charge in [-0.1, -0.05) is 23.9 Å². The number of nitrogens with one attached hydrogen (secondary N) is 1. The highest BCUT2D eigenvalue weighted by molar-refractivity contribution is 7.99. The number of aromatic nitrogens is 1. The molecule has 1 N–H and O–H groups in total. The number of hydrogen-bond donors (Lipinski definition) is 1. The van der Waals surface area contributed by atoms with Crippen molar-refractivity contribution >= 4 is 23.3 Å². The van der Waals surface area contributed by atoms with Crippen LogP contribution in [-0.4, -0.2) is 10.7 Å². The summed E-state index contributed by atoms with van der Waals surface area (Å²) in [7, 11) is 0. The molecule has 0 saturated heterocycles. The number of nitrogens with zero attached hydrogens (tertiary/aromatic N) is 2. The van der Waals surface area contributed by atoms with Gasteiger partial charge in [-0.15, -0.1) is 0 Å². The van der Waals surface area contributed by atoms with Gasteiger partial charge in [0.1, 0.15) is 11.9 Å². The Kier molecular flexibility index (Phi) is 4.31. The van der Waals surface area contributed by atoms with E-state index in [9.17, 15) is 8.78 Å². The highest BCUT2D eigenvalue weighted by atomic mass is 32.2. The van der Waals surface area contributed by atoms with E-state index in [2.05, 4.69) is 10.3 Å². The van der Waals surface area contributed by atoms with Crippen LogP contribution in [0.15, 0.2) is 47.5 Å². The summed E-state index contributed by atoms with van der Waals surface area (Å²) in [6.45, 7) is 0. The molecule has 0 aliphatic rings. The van der Waals surface area contributed by atoms with Gasteiger partial charge in [-0.05, 0) is 24.3 Å². The van der Waals surface area contributed by atoms with Crippen LogP contribution in [0.4, 0.5) is 20.3 Å². The highest BCUT2D eigenvalue weighted by Crippen LogP contribution is 2.33. The smallest absolute Gasteiger partial charge is 0.288 e. The molecule has 0 radical (unpaired) electrons. The third-order valence-corrected chi connectivity index (χ3v) is 3.07. The fourth-order valence-corrected chi connectivity index (χ4v) is 2.09. The molecule has 0 fully saturated rings. The Bertz CT molecular complexity index is 611. The van der Waals surface area contributed by atoms with E-state index >= 15 is 0 Å². The minimum absolute atomic E-state index is 0.354. The van der Waals surface area contributed by atoms with Crippen LogP contribution in [-0.2, 0) is 0 Å². The number of para-hydroxylation sites is 1. The van der Waals surface area contributed by atoms with Gasteiger partial charge in [0, 0.05) is 11.1 Å². The molecule has 3 nitrogen and oxygen atoms in total. The molecule has 0 amide bonds. The van der Waals surface area contributed by atoms with Crippen LogP contribution in [0.5, 0.6) is 0 Å². The fraction of sp³-hybridized carbons (Fsp3) is 0.0769. The summed E-state index contributed by atoms with van der Waals surface area (Å²) in [5, 5.41) is 11.9. The van der Waals surface area contributed by atoms with Gasteiger partial charge in [0.25, 0.3) is 5.76 Å². The van der Waals surface area contributed by atoms with Crippen LogP contribution in [0.1, 0.15) is 5.56 Å². The molecular formula is C13H9F2N3S. The maximum atomic E-state index is 12.5. The van der Waals surface area contributed by atoms with E-state index in [1.54, 1.807) is 36.4 Å². The van der Waals surface area contributed by atoms with E-state index < -0.39 is 5.76 Å². The number of rotatable bonds is 4. The van der Waals surface area contributed by atoms with Crippen LogP contribution < -0.4 is 5.32 Å². The maximum absolute atomic E-state index is 12.5. The standard InChI is InChI=1S/C13H9F2N3S/c14-13(15)19-11-6-2-1-5-10(11)18-12-9(8-16)4-3-7-17-12/h1-7,13H,(H,17,18). The van der Waals surface area contributed by atoms with Crippen molar-refractivity contribution in [2.45, 2.75) is 10.7 Å². The first kappa shape index (κ1) is 13.3. The van der Waals surface area contributed by atoms with Gasteiger partial charge in [0.2, 0.25) is 0 Å².